The first-order valence-electron chi connectivity index (χ1n) is 7.81. The van der Waals surface area contributed by atoms with Crippen LogP contribution in [0.25, 0.3) is 0 Å². The average Bonchev–Trinajstić information content (AvgIpc) is 2.53. The molecule has 126 valence electrons. The molecular weight excluding hydrogens is 304 g/mol. The van der Waals surface area contributed by atoms with Crippen molar-refractivity contribution in [2.45, 2.75) is 33.1 Å². The molecule has 2 aromatic carbocycles. The van der Waals surface area contributed by atoms with E-state index in [-0.39, 0.29) is 23.8 Å². The Morgan fingerprint density at radius 3 is 1.71 bits per heavy atom. The Bertz CT molecular complexity index is 712. The number of rotatable bonds is 6. The molecule has 0 aliphatic carbocycles. The number of benzene rings is 2. The standard InChI is InChI=1S/C20H22O4/c1-14(21)13-23-18-9-5-16(6-10-18)20(3,4)17-7-11-19(12-8-17)24-15(2)22/h5-12H,13H2,1-4H3. The number of ether oxygens (including phenoxy) is 2. The van der Waals surface area contributed by atoms with Crippen molar-refractivity contribution in [3.63, 3.8) is 0 Å². The summed E-state index contributed by atoms with van der Waals surface area (Å²) < 4.78 is 10.5. The van der Waals surface area contributed by atoms with Gasteiger partial charge in [-0.3, -0.25) is 9.59 Å². The first kappa shape index (κ1) is 17.7. The third kappa shape index (κ3) is 4.44. The summed E-state index contributed by atoms with van der Waals surface area (Å²) in [7, 11) is 0. The maximum absolute atomic E-state index is 11.0. The molecule has 0 spiro atoms. The molecule has 0 bridgehead atoms. The molecule has 0 N–H and O–H groups in total. The van der Waals surface area contributed by atoms with Crippen LogP contribution in [-0.4, -0.2) is 18.4 Å². The van der Waals surface area contributed by atoms with Crippen molar-refractivity contribution in [3.05, 3.63) is 59.7 Å². The zero-order valence-corrected chi connectivity index (χ0v) is 14.5. The first-order chi connectivity index (χ1) is 11.3. The van der Waals surface area contributed by atoms with Gasteiger partial charge in [0.25, 0.3) is 0 Å². The lowest BCUT2D eigenvalue weighted by Crippen LogP contribution is -2.18. The second-order valence-corrected chi connectivity index (χ2v) is 6.26. The molecule has 2 aromatic rings. The van der Waals surface area contributed by atoms with Crippen LogP contribution in [0.5, 0.6) is 11.5 Å². The molecule has 0 saturated heterocycles. The summed E-state index contributed by atoms with van der Waals surface area (Å²) in [6, 6.07) is 15.2. The van der Waals surface area contributed by atoms with Gasteiger partial charge in [0.05, 0.1) is 0 Å². The summed E-state index contributed by atoms with van der Waals surface area (Å²) in [6.07, 6.45) is 0. The van der Waals surface area contributed by atoms with Crippen molar-refractivity contribution in [3.8, 4) is 11.5 Å². The lowest BCUT2D eigenvalue weighted by atomic mass is 9.78. The second-order valence-electron chi connectivity index (χ2n) is 6.26. The van der Waals surface area contributed by atoms with Gasteiger partial charge in [-0.25, -0.2) is 0 Å². The molecule has 0 atom stereocenters. The van der Waals surface area contributed by atoms with Crippen LogP contribution in [0.4, 0.5) is 0 Å². The van der Waals surface area contributed by atoms with Crippen LogP contribution in [0, 0.1) is 0 Å². The molecule has 0 aliphatic rings. The van der Waals surface area contributed by atoms with Crippen LogP contribution in [0.1, 0.15) is 38.8 Å². The molecule has 4 nitrogen and oxygen atoms in total. The predicted molar refractivity (Wildman–Crippen MR) is 92.5 cm³/mol. The lowest BCUT2D eigenvalue weighted by Gasteiger charge is -2.26. The topological polar surface area (TPSA) is 52.6 Å². The van der Waals surface area contributed by atoms with Crippen molar-refractivity contribution >= 4 is 11.8 Å². The minimum absolute atomic E-state index is 0.00715. The molecule has 0 radical (unpaired) electrons. The van der Waals surface area contributed by atoms with Crippen LogP contribution in [0.15, 0.2) is 48.5 Å². The largest absolute Gasteiger partial charge is 0.486 e. The molecule has 0 aromatic heterocycles. The summed E-state index contributed by atoms with van der Waals surface area (Å²) in [5.74, 6) is 0.875. The van der Waals surface area contributed by atoms with E-state index in [0.717, 1.165) is 11.1 Å². The van der Waals surface area contributed by atoms with E-state index in [2.05, 4.69) is 13.8 Å². The molecule has 4 heteroatoms. The van der Waals surface area contributed by atoms with Crippen LogP contribution in [0.2, 0.25) is 0 Å². The van der Waals surface area contributed by atoms with Gasteiger partial charge in [-0.1, -0.05) is 38.1 Å². The Morgan fingerprint density at radius 1 is 0.833 bits per heavy atom. The van der Waals surface area contributed by atoms with E-state index < -0.39 is 0 Å². The van der Waals surface area contributed by atoms with E-state index in [0.29, 0.717) is 11.5 Å². The highest BCUT2D eigenvalue weighted by atomic mass is 16.5. The van der Waals surface area contributed by atoms with Crippen LogP contribution in [0.3, 0.4) is 0 Å². The fourth-order valence-electron chi connectivity index (χ4n) is 2.43. The van der Waals surface area contributed by atoms with E-state index in [1.807, 2.05) is 36.4 Å². The Labute approximate surface area is 142 Å². The highest BCUT2D eigenvalue weighted by Gasteiger charge is 2.23. The second kappa shape index (κ2) is 7.30. The number of carbonyl (C=O) groups is 2. The number of esters is 1. The van der Waals surface area contributed by atoms with E-state index in [1.165, 1.54) is 13.8 Å². The molecule has 24 heavy (non-hydrogen) atoms. The lowest BCUT2D eigenvalue weighted by molar-refractivity contribution is -0.131. The van der Waals surface area contributed by atoms with Gasteiger partial charge in [-0.15, -0.1) is 0 Å². The van der Waals surface area contributed by atoms with Gasteiger partial charge in [0.15, 0.2) is 5.78 Å². The maximum Gasteiger partial charge on any atom is 0.308 e. The molecular formula is C20H22O4. The number of hydrogen-bond donors (Lipinski definition) is 0. The van der Waals surface area contributed by atoms with E-state index in [4.69, 9.17) is 9.47 Å². The molecule has 0 unspecified atom stereocenters. The van der Waals surface area contributed by atoms with E-state index in [9.17, 15) is 9.59 Å². The Morgan fingerprint density at radius 2 is 1.29 bits per heavy atom. The first-order valence-corrected chi connectivity index (χ1v) is 7.81. The highest BCUT2D eigenvalue weighted by Crippen LogP contribution is 2.33. The smallest absolute Gasteiger partial charge is 0.308 e. The normalized spacial score (nSPS) is 11.0. The minimum atomic E-state index is -0.330. The van der Waals surface area contributed by atoms with Gasteiger partial charge in [-0.05, 0) is 42.3 Å². The summed E-state index contributed by atoms with van der Waals surface area (Å²) in [4.78, 5) is 22.0. The fourth-order valence-corrected chi connectivity index (χ4v) is 2.43. The van der Waals surface area contributed by atoms with Crippen molar-refractivity contribution in [1.29, 1.82) is 0 Å². The van der Waals surface area contributed by atoms with Gasteiger partial charge >= 0.3 is 5.97 Å². The molecule has 0 fully saturated rings. The maximum atomic E-state index is 11.0. The zero-order valence-electron chi connectivity index (χ0n) is 14.5. The average molecular weight is 326 g/mol. The molecule has 2 rings (SSSR count). The third-order valence-electron chi connectivity index (χ3n) is 3.86. The van der Waals surface area contributed by atoms with Gasteiger partial charge in [-0.2, -0.15) is 0 Å². The van der Waals surface area contributed by atoms with Gasteiger partial charge in [0.2, 0.25) is 0 Å². The Kier molecular flexibility index (Phi) is 5.39. The summed E-state index contributed by atoms with van der Waals surface area (Å²) in [5, 5.41) is 0. The van der Waals surface area contributed by atoms with Gasteiger partial charge in [0, 0.05) is 12.3 Å². The zero-order chi connectivity index (χ0) is 17.7. The summed E-state index contributed by atoms with van der Waals surface area (Å²) >= 11 is 0. The van der Waals surface area contributed by atoms with Gasteiger partial charge < -0.3 is 9.47 Å². The van der Waals surface area contributed by atoms with Crippen molar-refractivity contribution < 1.29 is 19.1 Å². The van der Waals surface area contributed by atoms with E-state index in [1.54, 1.807) is 12.1 Å². The van der Waals surface area contributed by atoms with Gasteiger partial charge in [0.1, 0.15) is 18.1 Å². The quantitative estimate of drug-likeness (QED) is 0.596. The monoisotopic (exact) mass is 326 g/mol. The van der Waals surface area contributed by atoms with E-state index >= 15 is 0 Å². The summed E-state index contributed by atoms with van der Waals surface area (Å²) in [6.45, 7) is 7.21. The number of Topliss-reactive ketones (excluding diaryl/α,β-unsaturated/α-hetero) is 1. The van der Waals surface area contributed by atoms with Crippen LogP contribution < -0.4 is 9.47 Å². The van der Waals surface area contributed by atoms with Crippen LogP contribution in [-0.2, 0) is 15.0 Å². The third-order valence-corrected chi connectivity index (χ3v) is 3.86. The van der Waals surface area contributed by atoms with Crippen molar-refractivity contribution in [1.82, 2.24) is 0 Å². The number of hydrogen-bond acceptors (Lipinski definition) is 4. The Hall–Kier alpha value is -2.62. The minimum Gasteiger partial charge on any atom is -0.486 e. The van der Waals surface area contributed by atoms with Crippen LogP contribution >= 0.6 is 0 Å². The Balaban J connectivity index is 2.16. The highest BCUT2D eigenvalue weighted by molar-refractivity contribution is 5.77. The number of ketones is 1. The molecule has 0 saturated carbocycles. The molecule has 0 heterocycles. The van der Waals surface area contributed by atoms with Crippen molar-refractivity contribution in [2.24, 2.45) is 0 Å². The number of carbonyl (C=O) groups excluding carboxylic acids is 2. The summed E-state index contributed by atoms with van der Waals surface area (Å²) in [5.41, 5.74) is 2.02. The van der Waals surface area contributed by atoms with Crippen molar-refractivity contribution in [2.75, 3.05) is 6.61 Å². The molecule has 0 aliphatic heterocycles. The fraction of sp³-hybridized carbons (Fsp3) is 0.300. The SMILES string of the molecule is CC(=O)COc1ccc(C(C)(C)c2ccc(OC(C)=O)cc2)cc1. The predicted octanol–water partition coefficient (Wildman–Crippen LogP) is 3.91. The molecule has 0 amide bonds.